The number of hydrogen-bond donors (Lipinski definition) is 3. The van der Waals surface area contributed by atoms with Gasteiger partial charge in [-0.15, -0.1) is 0 Å². The number of nitrogens with zero attached hydrogens (tertiary/aromatic N) is 1. The van der Waals surface area contributed by atoms with Gasteiger partial charge < -0.3 is 0 Å². The molecule has 1 aromatic carbocycles. The number of carboxylic acids is 1. The van der Waals surface area contributed by atoms with Gasteiger partial charge in [-0.2, -0.15) is 0 Å². The number of nitrogen functional groups attached to an aromatic ring is 1. The Morgan fingerprint density at radius 1 is 1.29 bits per heavy atom. The van der Waals surface area contributed by atoms with Crippen LogP contribution in [0.25, 0.3) is 11.3 Å². The van der Waals surface area contributed by atoms with E-state index in [9.17, 15) is 14.7 Å². The van der Waals surface area contributed by atoms with Gasteiger partial charge >= 0.3 is 174 Å². The monoisotopic (exact) mass is 500 g/mol. The first-order valence-electron chi connectivity index (χ1n) is 8.43. The van der Waals surface area contributed by atoms with E-state index in [1.54, 1.807) is 45.2 Å². The predicted molar refractivity (Wildman–Crippen MR) is 100 cm³/mol. The zero-order chi connectivity index (χ0) is 20.7. The molecule has 1 atom stereocenters. The van der Waals surface area contributed by atoms with Gasteiger partial charge in [0.05, 0.1) is 0 Å². The number of amides is 1. The Balaban J connectivity index is 1.96. The molecule has 0 radical (unpaired) electrons. The number of hydrogen-bond acceptors (Lipinski definition) is 6. The van der Waals surface area contributed by atoms with E-state index in [2.05, 4.69) is 8.51 Å². The summed E-state index contributed by atoms with van der Waals surface area (Å²) in [5.74, 6) is -0.667. The third kappa shape index (κ3) is 6.87. The molecule has 0 spiro atoms. The second kappa shape index (κ2) is 9.58. The Bertz CT molecular complexity index is 824. The first-order chi connectivity index (χ1) is 13.2. The van der Waals surface area contributed by atoms with Gasteiger partial charge in [-0.1, -0.05) is 0 Å². The minimum absolute atomic E-state index is 0.106. The van der Waals surface area contributed by atoms with Crippen LogP contribution in [0.4, 0.5) is 10.5 Å². The van der Waals surface area contributed by atoms with Crippen molar-refractivity contribution < 1.29 is 45.6 Å². The van der Waals surface area contributed by atoms with Crippen LogP contribution in [0.5, 0.6) is 5.75 Å². The normalized spacial score (nSPS) is 12.2. The summed E-state index contributed by atoms with van der Waals surface area (Å²) in [6.45, 7) is 5.10. The second-order valence-corrected chi connectivity index (χ2v) is 9.46. The predicted octanol–water partition coefficient (Wildman–Crippen LogP) is -0.308. The number of benzene rings is 1. The maximum atomic E-state index is 11.7. The standard InChI is InChI=1S/C19H23IN3O5/c1-19(2,3)28-18(26)23-20-13(17(24)25)11-27-16-8-7-12(10-14(16)21)15-6-4-5-9-22-15/h4-10,13H,11,21H2,1-3H3,(H,23,26)(H,24,25)/q-1. The third-order valence-electron chi connectivity index (χ3n) is 3.29. The Hall–Kier alpha value is -2.56. The van der Waals surface area contributed by atoms with Crippen molar-refractivity contribution in [3.8, 4) is 17.0 Å². The molecule has 1 unspecified atom stereocenters. The van der Waals surface area contributed by atoms with Crippen LogP contribution in [0.2, 0.25) is 0 Å². The molecule has 0 bridgehead atoms. The van der Waals surface area contributed by atoms with Crippen LogP contribution in [-0.2, 0) is 9.53 Å². The average molecular weight is 500 g/mol. The van der Waals surface area contributed by atoms with Gasteiger partial charge in [0, 0.05) is 0 Å². The molecule has 2 aromatic rings. The fourth-order valence-electron chi connectivity index (χ4n) is 2.09. The van der Waals surface area contributed by atoms with Crippen molar-refractivity contribution >= 4 is 17.7 Å². The summed E-state index contributed by atoms with van der Waals surface area (Å²) in [7, 11) is 0. The van der Waals surface area contributed by atoms with Gasteiger partial charge in [-0.05, 0) is 0 Å². The van der Waals surface area contributed by atoms with Crippen molar-refractivity contribution in [2.24, 2.45) is 0 Å². The molecule has 1 heterocycles. The molecule has 0 aliphatic rings. The number of nitrogens with two attached hydrogens (primary N) is 1. The minimum atomic E-state index is -1.23. The Morgan fingerprint density at radius 3 is 2.61 bits per heavy atom. The summed E-state index contributed by atoms with van der Waals surface area (Å²) in [6.07, 6.45) is 1.06. The number of carboxylic acid groups (broad SMARTS) is 1. The van der Waals surface area contributed by atoms with Crippen molar-refractivity contribution in [1.29, 1.82) is 0 Å². The maximum absolute atomic E-state index is 11.7. The molecule has 0 saturated heterocycles. The third-order valence-corrected chi connectivity index (χ3v) is 5.68. The van der Waals surface area contributed by atoms with Crippen molar-refractivity contribution in [3.05, 3.63) is 42.6 Å². The molecule has 9 heteroatoms. The fraction of sp³-hybridized carbons (Fsp3) is 0.316. The Kier molecular flexibility index (Phi) is 7.44. The molecule has 1 amide bonds. The van der Waals surface area contributed by atoms with Crippen molar-refractivity contribution in [2.75, 3.05) is 12.3 Å². The summed E-state index contributed by atoms with van der Waals surface area (Å²) < 4.78 is 12.4. The van der Waals surface area contributed by atoms with Crippen LogP contribution in [-0.4, -0.2) is 38.3 Å². The first kappa shape index (κ1) is 21.7. The van der Waals surface area contributed by atoms with Gasteiger partial charge in [0.15, 0.2) is 0 Å². The molecule has 2 rings (SSSR count). The number of aliphatic carboxylic acids is 1. The number of aromatic nitrogens is 1. The molecule has 1 aromatic heterocycles. The number of rotatable bonds is 7. The van der Waals surface area contributed by atoms with E-state index in [4.69, 9.17) is 15.2 Å². The molecule has 4 N–H and O–H groups in total. The topological polar surface area (TPSA) is 124 Å². The van der Waals surface area contributed by atoms with Gasteiger partial charge in [-0.25, -0.2) is 0 Å². The Morgan fingerprint density at radius 2 is 2.04 bits per heavy atom. The quantitative estimate of drug-likeness (QED) is 0.206. The summed E-state index contributed by atoms with van der Waals surface area (Å²) in [5, 5.41) is 9.37. The molecular formula is C19H23IN3O5-. The van der Waals surface area contributed by atoms with E-state index in [0.29, 0.717) is 11.4 Å². The van der Waals surface area contributed by atoms with Crippen LogP contribution < -0.4 is 35.5 Å². The molecule has 152 valence electrons. The van der Waals surface area contributed by atoms with Crippen molar-refractivity contribution in [1.82, 2.24) is 8.51 Å². The van der Waals surface area contributed by atoms with E-state index in [1.807, 2.05) is 18.2 Å². The summed E-state index contributed by atoms with van der Waals surface area (Å²) in [6, 6.07) is 10.8. The fourth-order valence-corrected chi connectivity index (χ4v) is 3.46. The van der Waals surface area contributed by atoms with Crippen LogP contribution >= 0.6 is 0 Å². The van der Waals surface area contributed by atoms with Crippen molar-refractivity contribution in [3.63, 3.8) is 0 Å². The van der Waals surface area contributed by atoms with Gasteiger partial charge in [0.1, 0.15) is 0 Å². The second-order valence-electron chi connectivity index (χ2n) is 6.79. The number of halogens is 1. The summed E-state index contributed by atoms with van der Waals surface area (Å²) in [4.78, 5) is 27.4. The molecule has 28 heavy (non-hydrogen) atoms. The molecule has 0 aliphatic carbocycles. The summed E-state index contributed by atoms with van der Waals surface area (Å²) in [5.41, 5.74) is 7.37. The van der Waals surface area contributed by atoms with Gasteiger partial charge in [0.2, 0.25) is 0 Å². The number of nitrogens with one attached hydrogen (secondary N) is 1. The number of anilines is 1. The van der Waals surface area contributed by atoms with Crippen LogP contribution in [0.15, 0.2) is 42.6 Å². The van der Waals surface area contributed by atoms with E-state index in [1.165, 1.54) is 0 Å². The van der Waals surface area contributed by atoms with E-state index >= 15 is 0 Å². The average Bonchev–Trinajstić information content (AvgIpc) is 2.61. The number of ether oxygens (including phenoxy) is 2. The number of carbonyl (C=O) groups excluding carboxylic acids is 1. The Labute approximate surface area is 174 Å². The van der Waals surface area contributed by atoms with Crippen LogP contribution in [0.3, 0.4) is 0 Å². The van der Waals surface area contributed by atoms with E-state index in [-0.39, 0.29) is 6.61 Å². The number of alkyl halides is 1. The number of carbonyl (C=O) groups is 2. The van der Waals surface area contributed by atoms with Gasteiger partial charge in [0.25, 0.3) is 0 Å². The zero-order valence-electron chi connectivity index (χ0n) is 15.8. The van der Waals surface area contributed by atoms with Gasteiger partial charge in [-0.3, -0.25) is 0 Å². The first-order valence-corrected chi connectivity index (χ1v) is 10.8. The van der Waals surface area contributed by atoms with Crippen molar-refractivity contribution in [2.45, 2.75) is 30.3 Å². The molecule has 0 fully saturated rings. The molecule has 8 nitrogen and oxygen atoms in total. The van der Waals surface area contributed by atoms with Crippen LogP contribution in [0.1, 0.15) is 20.8 Å². The van der Waals surface area contributed by atoms with E-state index < -0.39 is 43.1 Å². The van der Waals surface area contributed by atoms with Crippen LogP contribution in [0, 0.1) is 0 Å². The zero-order valence-corrected chi connectivity index (χ0v) is 18.0. The molecule has 0 saturated carbocycles. The molecular weight excluding hydrogens is 477 g/mol. The molecule has 0 aliphatic heterocycles. The number of pyridine rings is 1. The SMILES string of the molecule is CC(C)(C)OC(=O)N[I-]C(COc1ccc(-c2ccccn2)cc1N)C(=O)O. The summed E-state index contributed by atoms with van der Waals surface area (Å²) >= 11 is -1.23. The van der Waals surface area contributed by atoms with E-state index in [0.717, 1.165) is 11.3 Å².